The molecule has 0 saturated heterocycles. The third-order valence-electron chi connectivity index (χ3n) is 7.91. The Bertz CT molecular complexity index is 508. The molecule has 4 rings (SSSR count). The van der Waals surface area contributed by atoms with Gasteiger partial charge in [-0.3, -0.25) is 4.79 Å². The van der Waals surface area contributed by atoms with Crippen LogP contribution in [-0.4, -0.2) is 17.0 Å². The Balaban J connectivity index is 1.69. The summed E-state index contributed by atoms with van der Waals surface area (Å²) in [5.41, 5.74) is 1.89. The lowest BCUT2D eigenvalue weighted by atomic mass is 9.47. The predicted octanol–water partition coefficient (Wildman–Crippen LogP) is 3.88. The molecule has 0 unspecified atom stereocenters. The highest BCUT2D eigenvalue weighted by atomic mass is 16.3. The molecular formula is C19H28O2. The van der Waals surface area contributed by atoms with Crippen LogP contribution in [0.15, 0.2) is 11.6 Å². The fraction of sp³-hybridized carbons (Fsp3) is 0.842. The van der Waals surface area contributed by atoms with Crippen LogP contribution in [0.5, 0.6) is 0 Å². The van der Waals surface area contributed by atoms with Crippen LogP contribution in [0.2, 0.25) is 0 Å². The van der Waals surface area contributed by atoms with Crippen molar-refractivity contribution in [3.8, 4) is 0 Å². The van der Waals surface area contributed by atoms with Gasteiger partial charge in [0.1, 0.15) is 0 Å². The van der Waals surface area contributed by atoms with Gasteiger partial charge in [-0.1, -0.05) is 19.4 Å². The minimum Gasteiger partial charge on any atom is -0.393 e. The molecule has 0 aromatic rings. The zero-order valence-corrected chi connectivity index (χ0v) is 13.4. The molecular weight excluding hydrogens is 260 g/mol. The maximum atomic E-state index is 11.8. The maximum Gasteiger partial charge on any atom is 0.155 e. The molecule has 2 heteroatoms. The molecule has 3 saturated carbocycles. The van der Waals surface area contributed by atoms with E-state index in [1.165, 1.54) is 31.3 Å². The van der Waals surface area contributed by atoms with E-state index in [-0.39, 0.29) is 16.9 Å². The molecule has 0 bridgehead atoms. The van der Waals surface area contributed by atoms with Crippen LogP contribution in [-0.2, 0) is 4.79 Å². The summed E-state index contributed by atoms with van der Waals surface area (Å²) < 4.78 is 0. The number of allylic oxidation sites excluding steroid dienone is 1. The normalized spacial score (nSPS) is 52.7. The zero-order chi connectivity index (χ0) is 14.8. The quantitative estimate of drug-likeness (QED) is 0.734. The number of hydrogen-bond donors (Lipinski definition) is 1. The Morgan fingerprint density at radius 3 is 2.67 bits per heavy atom. The van der Waals surface area contributed by atoms with Crippen LogP contribution < -0.4 is 0 Å². The van der Waals surface area contributed by atoms with E-state index in [9.17, 15) is 9.90 Å². The highest BCUT2D eigenvalue weighted by molar-refractivity contribution is 5.91. The first-order valence-corrected chi connectivity index (χ1v) is 8.87. The number of carbonyl (C=O) groups excluding carboxylic acids is 1. The first kappa shape index (κ1) is 14.0. The van der Waals surface area contributed by atoms with Gasteiger partial charge < -0.3 is 5.11 Å². The van der Waals surface area contributed by atoms with Crippen LogP contribution in [0.25, 0.3) is 0 Å². The number of rotatable bonds is 0. The molecule has 0 amide bonds. The van der Waals surface area contributed by atoms with Crippen molar-refractivity contribution in [3.05, 3.63) is 11.6 Å². The van der Waals surface area contributed by atoms with Crippen molar-refractivity contribution in [2.75, 3.05) is 0 Å². The molecule has 1 N–H and O–H groups in total. The third-order valence-corrected chi connectivity index (χ3v) is 7.91. The fourth-order valence-electron chi connectivity index (χ4n) is 6.53. The van der Waals surface area contributed by atoms with E-state index in [4.69, 9.17) is 0 Å². The summed E-state index contributed by atoms with van der Waals surface area (Å²) in [5, 5.41) is 10.4. The lowest BCUT2D eigenvalue weighted by Gasteiger charge is -2.57. The van der Waals surface area contributed by atoms with E-state index in [0.717, 1.165) is 37.5 Å². The van der Waals surface area contributed by atoms with Crippen molar-refractivity contribution in [1.29, 1.82) is 0 Å². The summed E-state index contributed by atoms with van der Waals surface area (Å²) >= 11 is 0. The highest BCUT2D eigenvalue weighted by Crippen LogP contribution is 2.65. The van der Waals surface area contributed by atoms with Gasteiger partial charge in [0.25, 0.3) is 0 Å². The third kappa shape index (κ3) is 1.78. The van der Waals surface area contributed by atoms with E-state index in [0.29, 0.717) is 11.7 Å². The van der Waals surface area contributed by atoms with Crippen molar-refractivity contribution < 1.29 is 9.90 Å². The van der Waals surface area contributed by atoms with Crippen LogP contribution >= 0.6 is 0 Å². The molecule has 0 heterocycles. The molecule has 3 fully saturated rings. The highest BCUT2D eigenvalue weighted by Gasteiger charge is 2.58. The molecule has 0 aliphatic heterocycles. The van der Waals surface area contributed by atoms with Gasteiger partial charge >= 0.3 is 0 Å². The summed E-state index contributed by atoms with van der Waals surface area (Å²) in [6, 6.07) is 0. The first-order chi connectivity index (χ1) is 9.95. The second kappa shape index (κ2) is 4.44. The zero-order valence-electron chi connectivity index (χ0n) is 13.4. The van der Waals surface area contributed by atoms with Gasteiger partial charge in [0, 0.05) is 6.42 Å². The van der Waals surface area contributed by atoms with E-state index in [1.807, 2.05) is 6.08 Å². The first-order valence-electron chi connectivity index (χ1n) is 8.87. The van der Waals surface area contributed by atoms with Crippen LogP contribution in [0.1, 0.15) is 65.2 Å². The Labute approximate surface area is 128 Å². The smallest absolute Gasteiger partial charge is 0.155 e. The number of fused-ring (bicyclic) bond motifs is 5. The van der Waals surface area contributed by atoms with Crippen molar-refractivity contribution in [2.24, 2.45) is 28.6 Å². The van der Waals surface area contributed by atoms with Crippen LogP contribution in [0.3, 0.4) is 0 Å². The SMILES string of the molecule is C[C@@]12CC[C@@H]3[C@H](CCC4=CC(=O)CC[C@@]43C)[C@H]1CC[C@@H]2O. The summed E-state index contributed by atoms with van der Waals surface area (Å²) in [5.74, 6) is 2.57. The number of aliphatic hydroxyl groups is 1. The Hall–Kier alpha value is -0.630. The van der Waals surface area contributed by atoms with Gasteiger partial charge in [-0.25, -0.2) is 0 Å². The average Bonchev–Trinajstić information content (AvgIpc) is 2.76. The number of hydrogen-bond acceptors (Lipinski definition) is 2. The van der Waals surface area contributed by atoms with Crippen molar-refractivity contribution >= 4 is 5.78 Å². The number of carbonyl (C=O) groups is 1. The summed E-state index contributed by atoms with van der Waals surface area (Å²) in [6.07, 6.45) is 10.7. The molecule has 21 heavy (non-hydrogen) atoms. The van der Waals surface area contributed by atoms with Gasteiger partial charge in [0.2, 0.25) is 0 Å². The predicted molar refractivity (Wildman–Crippen MR) is 82.7 cm³/mol. The second-order valence-electron chi connectivity index (χ2n) is 8.61. The fourth-order valence-corrected chi connectivity index (χ4v) is 6.53. The topological polar surface area (TPSA) is 37.3 Å². The molecule has 116 valence electrons. The minimum absolute atomic E-state index is 0.0823. The second-order valence-corrected chi connectivity index (χ2v) is 8.61. The molecule has 2 nitrogen and oxygen atoms in total. The van der Waals surface area contributed by atoms with E-state index < -0.39 is 0 Å². The van der Waals surface area contributed by atoms with Gasteiger partial charge in [0.05, 0.1) is 6.10 Å². The van der Waals surface area contributed by atoms with E-state index in [2.05, 4.69) is 13.8 Å². The molecule has 6 atom stereocenters. The van der Waals surface area contributed by atoms with E-state index >= 15 is 0 Å². The van der Waals surface area contributed by atoms with Gasteiger partial charge in [-0.2, -0.15) is 0 Å². The molecule has 4 aliphatic rings. The Morgan fingerprint density at radius 2 is 1.86 bits per heavy atom. The lowest BCUT2D eigenvalue weighted by Crippen LogP contribution is -2.51. The molecule has 0 spiro atoms. The average molecular weight is 288 g/mol. The summed E-state index contributed by atoms with van der Waals surface area (Å²) in [7, 11) is 0. The molecule has 0 aromatic heterocycles. The standard InChI is InChI=1S/C19H28O2/c1-18-9-7-13(20)11-12(18)3-4-14-15-5-6-17(21)19(15,2)10-8-16(14)18/h11,14-17,21H,3-10H2,1-2H3/t14-,15-,16-,17+,18+,19-/m1/s1. The van der Waals surface area contributed by atoms with Crippen molar-refractivity contribution in [2.45, 2.75) is 71.3 Å². The maximum absolute atomic E-state index is 11.8. The number of ketones is 1. The van der Waals surface area contributed by atoms with Gasteiger partial charge in [-0.05, 0) is 79.6 Å². The summed E-state index contributed by atoms with van der Waals surface area (Å²) in [4.78, 5) is 11.8. The largest absolute Gasteiger partial charge is 0.393 e. The monoisotopic (exact) mass is 288 g/mol. The minimum atomic E-state index is -0.0823. The Kier molecular flexibility index (Phi) is 2.96. The Morgan fingerprint density at radius 1 is 1.05 bits per heavy atom. The molecule has 0 aromatic carbocycles. The van der Waals surface area contributed by atoms with Crippen LogP contribution in [0.4, 0.5) is 0 Å². The van der Waals surface area contributed by atoms with Crippen molar-refractivity contribution in [1.82, 2.24) is 0 Å². The van der Waals surface area contributed by atoms with Crippen molar-refractivity contribution in [3.63, 3.8) is 0 Å². The summed E-state index contributed by atoms with van der Waals surface area (Å²) in [6.45, 7) is 4.76. The van der Waals surface area contributed by atoms with Gasteiger partial charge in [0.15, 0.2) is 5.78 Å². The molecule has 0 radical (unpaired) electrons. The number of aliphatic hydroxyl groups excluding tert-OH is 1. The molecule has 4 aliphatic carbocycles. The van der Waals surface area contributed by atoms with Crippen LogP contribution in [0, 0.1) is 28.6 Å². The van der Waals surface area contributed by atoms with E-state index in [1.54, 1.807) is 0 Å². The van der Waals surface area contributed by atoms with Gasteiger partial charge in [-0.15, -0.1) is 0 Å². The lowest BCUT2D eigenvalue weighted by molar-refractivity contribution is -0.118.